The molecule has 100 valence electrons. The third kappa shape index (κ3) is 4.15. The van der Waals surface area contributed by atoms with Crippen LogP contribution in [0.2, 0.25) is 0 Å². The minimum Gasteiger partial charge on any atom is -0.378 e. The van der Waals surface area contributed by atoms with Crippen molar-refractivity contribution in [1.29, 1.82) is 0 Å². The van der Waals surface area contributed by atoms with E-state index in [4.69, 9.17) is 4.74 Å². The fraction of sp³-hybridized carbons (Fsp3) is 0.533. The molecule has 1 saturated heterocycles. The highest BCUT2D eigenvalue weighted by Gasteiger charge is 2.17. The highest BCUT2D eigenvalue weighted by molar-refractivity contribution is 5.93. The third-order valence-corrected chi connectivity index (χ3v) is 3.06. The molecule has 1 heterocycles. The Labute approximate surface area is 110 Å². The average molecular weight is 249 g/mol. The first-order valence-electron chi connectivity index (χ1n) is 6.44. The number of allylic oxidation sites excluding steroid dienone is 4. The van der Waals surface area contributed by atoms with Gasteiger partial charge in [-0.05, 0) is 18.4 Å². The average Bonchev–Trinajstić information content (AvgIpc) is 2.39. The molecule has 0 aromatic carbocycles. The Balaban J connectivity index is 2.70. The molecule has 3 heteroatoms. The van der Waals surface area contributed by atoms with E-state index in [0.717, 1.165) is 11.1 Å². The Hall–Kier alpha value is -1.35. The SMILES string of the molecule is C=C/C(=C\C=C(/C)C(=O)N1CCOCC1)C(C)C. The van der Waals surface area contributed by atoms with Crippen molar-refractivity contribution in [1.82, 2.24) is 4.90 Å². The second-order valence-electron chi connectivity index (χ2n) is 4.78. The molecule has 0 aromatic heterocycles. The Bertz CT molecular complexity index is 361. The van der Waals surface area contributed by atoms with Gasteiger partial charge in [0.15, 0.2) is 0 Å². The zero-order valence-electron chi connectivity index (χ0n) is 11.6. The summed E-state index contributed by atoms with van der Waals surface area (Å²) in [6.07, 6.45) is 5.70. The number of carbonyl (C=O) groups excluding carboxylic acids is 1. The smallest absolute Gasteiger partial charge is 0.249 e. The van der Waals surface area contributed by atoms with Crippen molar-refractivity contribution < 1.29 is 9.53 Å². The second-order valence-corrected chi connectivity index (χ2v) is 4.78. The molecule has 0 radical (unpaired) electrons. The van der Waals surface area contributed by atoms with E-state index < -0.39 is 0 Å². The van der Waals surface area contributed by atoms with E-state index >= 15 is 0 Å². The Morgan fingerprint density at radius 3 is 2.39 bits per heavy atom. The lowest BCUT2D eigenvalue weighted by Gasteiger charge is -2.27. The molecule has 1 fully saturated rings. The zero-order chi connectivity index (χ0) is 13.5. The molecule has 3 nitrogen and oxygen atoms in total. The van der Waals surface area contributed by atoms with Crippen molar-refractivity contribution in [3.63, 3.8) is 0 Å². The molecule has 18 heavy (non-hydrogen) atoms. The number of nitrogens with zero attached hydrogens (tertiary/aromatic N) is 1. The zero-order valence-corrected chi connectivity index (χ0v) is 11.6. The van der Waals surface area contributed by atoms with E-state index in [1.807, 2.05) is 30.1 Å². The summed E-state index contributed by atoms with van der Waals surface area (Å²) >= 11 is 0. The van der Waals surface area contributed by atoms with Gasteiger partial charge < -0.3 is 9.64 Å². The Morgan fingerprint density at radius 2 is 1.89 bits per heavy atom. The molecule has 1 rings (SSSR count). The second kappa shape index (κ2) is 7.17. The number of ether oxygens (including phenoxy) is 1. The van der Waals surface area contributed by atoms with Crippen molar-refractivity contribution in [2.45, 2.75) is 20.8 Å². The van der Waals surface area contributed by atoms with Gasteiger partial charge in [-0.15, -0.1) is 0 Å². The predicted molar refractivity (Wildman–Crippen MR) is 74.3 cm³/mol. The van der Waals surface area contributed by atoms with Gasteiger partial charge in [-0.25, -0.2) is 0 Å². The third-order valence-electron chi connectivity index (χ3n) is 3.06. The maximum absolute atomic E-state index is 12.1. The van der Waals surface area contributed by atoms with Crippen LogP contribution in [-0.4, -0.2) is 37.1 Å². The molecule has 0 bridgehead atoms. The minimum atomic E-state index is 0.0988. The van der Waals surface area contributed by atoms with Gasteiger partial charge in [0.1, 0.15) is 0 Å². The van der Waals surface area contributed by atoms with E-state index in [1.165, 1.54) is 0 Å². The fourth-order valence-corrected chi connectivity index (χ4v) is 1.80. The molecular weight excluding hydrogens is 226 g/mol. The maximum Gasteiger partial charge on any atom is 0.249 e. The minimum absolute atomic E-state index is 0.0988. The molecule has 0 aliphatic carbocycles. The van der Waals surface area contributed by atoms with Crippen LogP contribution in [0.1, 0.15) is 20.8 Å². The molecule has 0 spiro atoms. The molecule has 0 N–H and O–H groups in total. The highest BCUT2D eigenvalue weighted by Crippen LogP contribution is 2.12. The van der Waals surface area contributed by atoms with E-state index in [1.54, 1.807) is 0 Å². The highest BCUT2D eigenvalue weighted by atomic mass is 16.5. The van der Waals surface area contributed by atoms with Crippen molar-refractivity contribution in [2.75, 3.05) is 26.3 Å². The van der Waals surface area contributed by atoms with E-state index in [9.17, 15) is 4.79 Å². The van der Waals surface area contributed by atoms with Crippen molar-refractivity contribution in [3.05, 3.63) is 36.0 Å². The first-order chi connectivity index (χ1) is 8.56. The summed E-state index contributed by atoms with van der Waals surface area (Å²) in [4.78, 5) is 14.0. The van der Waals surface area contributed by atoms with Gasteiger partial charge >= 0.3 is 0 Å². The monoisotopic (exact) mass is 249 g/mol. The first kappa shape index (κ1) is 14.7. The van der Waals surface area contributed by atoms with Crippen LogP contribution in [0, 0.1) is 5.92 Å². The number of rotatable bonds is 4. The van der Waals surface area contributed by atoms with E-state index in [0.29, 0.717) is 32.2 Å². The summed E-state index contributed by atoms with van der Waals surface area (Å²) in [6.45, 7) is 12.5. The normalized spacial score (nSPS) is 18.1. The van der Waals surface area contributed by atoms with E-state index in [-0.39, 0.29) is 5.91 Å². The van der Waals surface area contributed by atoms with E-state index in [2.05, 4.69) is 20.4 Å². The van der Waals surface area contributed by atoms with Crippen LogP contribution in [0.15, 0.2) is 36.0 Å². The van der Waals surface area contributed by atoms with Crippen LogP contribution in [0.5, 0.6) is 0 Å². The Kier molecular flexibility index (Phi) is 5.86. The number of hydrogen-bond acceptors (Lipinski definition) is 2. The van der Waals surface area contributed by atoms with Gasteiger partial charge in [0.25, 0.3) is 0 Å². The van der Waals surface area contributed by atoms with Gasteiger partial charge in [-0.1, -0.05) is 38.7 Å². The molecule has 1 amide bonds. The standard InChI is InChI=1S/C15H23NO2/c1-5-14(12(2)3)7-6-13(4)15(17)16-8-10-18-11-9-16/h5-7,12H,1,8-11H2,2-4H3/b13-6+,14-7+. The summed E-state index contributed by atoms with van der Waals surface area (Å²) in [7, 11) is 0. The molecule has 1 aliphatic rings. The number of morpholine rings is 1. The summed E-state index contributed by atoms with van der Waals surface area (Å²) in [5.41, 5.74) is 1.90. The number of carbonyl (C=O) groups is 1. The van der Waals surface area contributed by atoms with Crippen LogP contribution in [0.3, 0.4) is 0 Å². The van der Waals surface area contributed by atoms with Crippen LogP contribution >= 0.6 is 0 Å². The molecule has 0 unspecified atom stereocenters. The summed E-state index contributed by atoms with van der Waals surface area (Å²) < 4.78 is 5.24. The molecule has 0 saturated carbocycles. The molecule has 1 aliphatic heterocycles. The molecular formula is C15H23NO2. The quantitative estimate of drug-likeness (QED) is 0.566. The lowest BCUT2D eigenvalue weighted by molar-refractivity contribution is -0.131. The number of hydrogen-bond donors (Lipinski definition) is 0. The topological polar surface area (TPSA) is 29.5 Å². The summed E-state index contributed by atoms with van der Waals surface area (Å²) in [6, 6.07) is 0. The Morgan fingerprint density at radius 1 is 1.28 bits per heavy atom. The van der Waals surface area contributed by atoms with Crippen molar-refractivity contribution in [3.8, 4) is 0 Å². The van der Waals surface area contributed by atoms with Crippen molar-refractivity contribution >= 4 is 5.91 Å². The van der Waals surface area contributed by atoms with Crippen LogP contribution in [-0.2, 0) is 9.53 Å². The molecule has 0 aromatic rings. The van der Waals surface area contributed by atoms with Crippen LogP contribution in [0.25, 0.3) is 0 Å². The van der Waals surface area contributed by atoms with Gasteiger partial charge in [-0.2, -0.15) is 0 Å². The van der Waals surface area contributed by atoms with Gasteiger partial charge in [0.05, 0.1) is 13.2 Å². The van der Waals surface area contributed by atoms with Gasteiger partial charge in [-0.3, -0.25) is 4.79 Å². The summed E-state index contributed by atoms with van der Waals surface area (Å²) in [5, 5.41) is 0. The van der Waals surface area contributed by atoms with Gasteiger partial charge in [0.2, 0.25) is 5.91 Å². The molecule has 0 atom stereocenters. The lowest BCUT2D eigenvalue weighted by atomic mass is 10.0. The van der Waals surface area contributed by atoms with Gasteiger partial charge in [0, 0.05) is 18.7 Å². The largest absolute Gasteiger partial charge is 0.378 e. The number of amides is 1. The maximum atomic E-state index is 12.1. The fourth-order valence-electron chi connectivity index (χ4n) is 1.80. The van der Waals surface area contributed by atoms with Crippen molar-refractivity contribution in [2.24, 2.45) is 5.92 Å². The van der Waals surface area contributed by atoms with Crippen LogP contribution < -0.4 is 0 Å². The predicted octanol–water partition coefficient (Wildman–Crippen LogP) is 2.56. The summed E-state index contributed by atoms with van der Waals surface area (Å²) in [5.74, 6) is 0.520. The van der Waals surface area contributed by atoms with Crippen LogP contribution in [0.4, 0.5) is 0 Å². The first-order valence-corrected chi connectivity index (χ1v) is 6.44. The lowest BCUT2D eigenvalue weighted by Crippen LogP contribution is -2.41.